The largest absolute Gasteiger partial charge is 0.478 e. The number of carboxylic acid groups (broad SMARTS) is 1. The SMILES string of the molecule is O=C(O)c1ccn(-c2ccncc2)c1. The monoisotopic (exact) mass is 188 g/mol. The smallest absolute Gasteiger partial charge is 0.337 e. The van der Waals surface area contributed by atoms with Gasteiger partial charge in [0.25, 0.3) is 0 Å². The second-order valence-corrected chi connectivity index (χ2v) is 2.82. The highest BCUT2D eigenvalue weighted by molar-refractivity contribution is 5.87. The lowest BCUT2D eigenvalue weighted by Gasteiger charge is -1.99. The number of aromatic carboxylic acids is 1. The van der Waals surface area contributed by atoms with E-state index in [4.69, 9.17) is 5.11 Å². The number of carbonyl (C=O) groups is 1. The van der Waals surface area contributed by atoms with Crippen LogP contribution in [0.1, 0.15) is 10.4 Å². The Balaban J connectivity index is 2.39. The average molecular weight is 188 g/mol. The van der Waals surface area contributed by atoms with Crippen LogP contribution in [0, 0.1) is 0 Å². The summed E-state index contributed by atoms with van der Waals surface area (Å²) in [6, 6.07) is 5.18. The Hall–Kier alpha value is -2.10. The van der Waals surface area contributed by atoms with Crippen molar-refractivity contribution in [3.05, 3.63) is 48.5 Å². The van der Waals surface area contributed by atoms with Gasteiger partial charge in [0, 0.05) is 30.5 Å². The lowest BCUT2D eigenvalue weighted by atomic mass is 10.3. The summed E-state index contributed by atoms with van der Waals surface area (Å²) in [5, 5.41) is 8.72. The van der Waals surface area contributed by atoms with Crippen LogP contribution >= 0.6 is 0 Å². The molecule has 0 saturated carbocycles. The minimum absolute atomic E-state index is 0.279. The van der Waals surface area contributed by atoms with E-state index in [1.807, 2.05) is 12.1 Å². The summed E-state index contributed by atoms with van der Waals surface area (Å²) in [5.41, 5.74) is 1.18. The molecule has 14 heavy (non-hydrogen) atoms. The summed E-state index contributed by atoms with van der Waals surface area (Å²) < 4.78 is 1.74. The number of hydrogen-bond donors (Lipinski definition) is 1. The van der Waals surface area contributed by atoms with E-state index in [9.17, 15) is 4.79 Å². The number of nitrogens with zero attached hydrogens (tertiary/aromatic N) is 2. The molecule has 0 aliphatic rings. The first-order chi connectivity index (χ1) is 6.77. The van der Waals surface area contributed by atoms with Crippen molar-refractivity contribution < 1.29 is 9.90 Å². The molecule has 2 rings (SSSR count). The maximum Gasteiger partial charge on any atom is 0.337 e. The molecule has 70 valence electrons. The number of carboxylic acids is 1. The molecule has 0 bridgehead atoms. The molecule has 0 spiro atoms. The Morgan fingerprint density at radius 3 is 2.57 bits per heavy atom. The fraction of sp³-hybridized carbons (Fsp3) is 0. The van der Waals surface area contributed by atoms with E-state index in [1.54, 1.807) is 35.4 Å². The maximum absolute atomic E-state index is 10.6. The number of aromatic nitrogens is 2. The van der Waals surface area contributed by atoms with Crippen LogP contribution in [0.15, 0.2) is 43.0 Å². The maximum atomic E-state index is 10.6. The first-order valence-corrected chi connectivity index (χ1v) is 4.09. The van der Waals surface area contributed by atoms with Crippen molar-refractivity contribution in [1.29, 1.82) is 0 Å². The molecular weight excluding hydrogens is 180 g/mol. The molecule has 1 N–H and O–H groups in total. The van der Waals surface area contributed by atoms with Gasteiger partial charge >= 0.3 is 5.97 Å². The minimum atomic E-state index is -0.919. The Kier molecular flexibility index (Phi) is 2.02. The van der Waals surface area contributed by atoms with Gasteiger partial charge in [0.1, 0.15) is 0 Å². The van der Waals surface area contributed by atoms with Crippen LogP contribution in [-0.4, -0.2) is 20.6 Å². The summed E-state index contributed by atoms with van der Waals surface area (Å²) in [4.78, 5) is 14.5. The van der Waals surface area contributed by atoms with Crippen molar-refractivity contribution >= 4 is 5.97 Å². The topological polar surface area (TPSA) is 55.1 Å². The lowest BCUT2D eigenvalue weighted by Crippen LogP contribution is -1.94. The third kappa shape index (κ3) is 1.50. The highest BCUT2D eigenvalue weighted by atomic mass is 16.4. The molecule has 4 heteroatoms. The molecule has 2 heterocycles. The average Bonchev–Trinajstić information content (AvgIpc) is 2.68. The molecule has 0 radical (unpaired) electrons. The lowest BCUT2D eigenvalue weighted by molar-refractivity contribution is 0.0697. The molecule has 2 aromatic heterocycles. The van der Waals surface area contributed by atoms with Crippen LogP contribution < -0.4 is 0 Å². The van der Waals surface area contributed by atoms with E-state index in [-0.39, 0.29) is 5.56 Å². The van der Waals surface area contributed by atoms with E-state index < -0.39 is 5.97 Å². The van der Waals surface area contributed by atoms with Gasteiger partial charge in [-0.15, -0.1) is 0 Å². The third-order valence-corrected chi connectivity index (χ3v) is 1.90. The van der Waals surface area contributed by atoms with E-state index in [0.717, 1.165) is 5.69 Å². The van der Waals surface area contributed by atoms with Crippen molar-refractivity contribution in [1.82, 2.24) is 9.55 Å². The van der Waals surface area contributed by atoms with Crippen LogP contribution in [0.4, 0.5) is 0 Å². The summed E-state index contributed by atoms with van der Waals surface area (Å²) in [6.07, 6.45) is 6.60. The Morgan fingerprint density at radius 1 is 1.29 bits per heavy atom. The van der Waals surface area contributed by atoms with Gasteiger partial charge < -0.3 is 9.67 Å². The van der Waals surface area contributed by atoms with Crippen molar-refractivity contribution in [2.24, 2.45) is 0 Å². The predicted molar refractivity (Wildman–Crippen MR) is 50.5 cm³/mol. The van der Waals surface area contributed by atoms with Crippen LogP contribution in [0.3, 0.4) is 0 Å². The first kappa shape index (κ1) is 8.50. The summed E-state index contributed by atoms with van der Waals surface area (Å²) in [5.74, 6) is -0.919. The van der Waals surface area contributed by atoms with Gasteiger partial charge in [-0.3, -0.25) is 4.98 Å². The molecule has 0 atom stereocenters. The molecule has 0 aromatic carbocycles. The van der Waals surface area contributed by atoms with Gasteiger partial charge in [-0.25, -0.2) is 4.79 Å². The number of hydrogen-bond acceptors (Lipinski definition) is 2. The van der Waals surface area contributed by atoms with Gasteiger partial charge in [0.2, 0.25) is 0 Å². The van der Waals surface area contributed by atoms with E-state index in [0.29, 0.717) is 0 Å². The van der Waals surface area contributed by atoms with E-state index in [1.165, 1.54) is 0 Å². The molecule has 0 unspecified atom stereocenters. The highest BCUT2D eigenvalue weighted by Gasteiger charge is 2.04. The Bertz CT molecular complexity index is 448. The fourth-order valence-corrected chi connectivity index (χ4v) is 1.20. The molecule has 0 saturated heterocycles. The van der Waals surface area contributed by atoms with Crippen LogP contribution in [0.5, 0.6) is 0 Å². The first-order valence-electron chi connectivity index (χ1n) is 4.09. The molecule has 0 amide bonds. The standard InChI is InChI=1S/C10H8N2O2/c13-10(14)8-3-6-12(7-8)9-1-4-11-5-2-9/h1-7H,(H,13,14). The molecular formula is C10H8N2O2. The third-order valence-electron chi connectivity index (χ3n) is 1.90. The van der Waals surface area contributed by atoms with Gasteiger partial charge in [0.05, 0.1) is 5.56 Å². The van der Waals surface area contributed by atoms with Crippen molar-refractivity contribution in [3.63, 3.8) is 0 Å². The minimum Gasteiger partial charge on any atom is -0.478 e. The zero-order valence-electron chi connectivity index (χ0n) is 7.29. The molecule has 0 fully saturated rings. The molecule has 0 aliphatic heterocycles. The van der Waals surface area contributed by atoms with Crippen LogP contribution in [-0.2, 0) is 0 Å². The Labute approximate surface area is 80.4 Å². The van der Waals surface area contributed by atoms with E-state index in [2.05, 4.69) is 4.98 Å². The molecule has 4 nitrogen and oxygen atoms in total. The molecule has 0 aliphatic carbocycles. The second-order valence-electron chi connectivity index (χ2n) is 2.82. The van der Waals surface area contributed by atoms with Gasteiger partial charge in [-0.05, 0) is 18.2 Å². The Morgan fingerprint density at radius 2 is 2.00 bits per heavy atom. The van der Waals surface area contributed by atoms with Gasteiger partial charge in [-0.1, -0.05) is 0 Å². The van der Waals surface area contributed by atoms with Crippen LogP contribution in [0.2, 0.25) is 0 Å². The second kappa shape index (κ2) is 3.33. The fourth-order valence-electron chi connectivity index (χ4n) is 1.20. The predicted octanol–water partition coefficient (Wildman–Crippen LogP) is 1.57. The zero-order valence-corrected chi connectivity index (χ0v) is 7.29. The van der Waals surface area contributed by atoms with Gasteiger partial charge in [0.15, 0.2) is 0 Å². The summed E-state index contributed by atoms with van der Waals surface area (Å²) in [6.45, 7) is 0. The quantitative estimate of drug-likeness (QED) is 0.778. The number of pyridine rings is 1. The highest BCUT2D eigenvalue weighted by Crippen LogP contribution is 2.09. The zero-order chi connectivity index (χ0) is 9.97. The van der Waals surface area contributed by atoms with E-state index >= 15 is 0 Å². The van der Waals surface area contributed by atoms with Crippen molar-refractivity contribution in [2.75, 3.05) is 0 Å². The van der Waals surface area contributed by atoms with Gasteiger partial charge in [-0.2, -0.15) is 0 Å². The number of rotatable bonds is 2. The van der Waals surface area contributed by atoms with Crippen molar-refractivity contribution in [3.8, 4) is 5.69 Å². The normalized spacial score (nSPS) is 10.0. The van der Waals surface area contributed by atoms with Crippen molar-refractivity contribution in [2.45, 2.75) is 0 Å². The van der Waals surface area contributed by atoms with Crippen LogP contribution in [0.25, 0.3) is 5.69 Å². The summed E-state index contributed by atoms with van der Waals surface area (Å²) >= 11 is 0. The summed E-state index contributed by atoms with van der Waals surface area (Å²) in [7, 11) is 0. The molecule has 2 aromatic rings.